The molecule has 1 saturated carbocycles. The maximum atomic E-state index is 12.0. The van der Waals surface area contributed by atoms with Crippen molar-refractivity contribution in [1.29, 1.82) is 0 Å². The molecule has 106 valence electrons. The molecule has 0 aromatic rings. The molecule has 1 fully saturated rings. The van der Waals surface area contributed by atoms with E-state index in [1.165, 1.54) is 4.90 Å². The Morgan fingerprint density at radius 3 is 2.28 bits per heavy atom. The minimum Gasteiger partial charge on any atom is -0.329 e. The quantitative estimate of drug-likeness (QED) is 0.817. The first-order chi connectivity index (χ1) is 8.33. The van der Waals surface area contributed by atoms with Crippen molar-refractivity contribution in [2.75, 3.05) is 20.6 Å². The molecule has 7 heteroatoms. The molecule has 0 aromatic heterocycles. The summed E-state index contributed by atoms with van der Waals surface area (Å²) in [5.74, 6) is 0. The van der Waals surface area contributed by atoms with Crippen LogP contribution in [0.3, 0.4) is 0 Å². The van der Waals surface area contributed by atoms with E-state index in [0.717, 1.165) is 25.7 Å². The number of amides is 2. The molecule has 0 bridgehead atoms. The fourth-order valence-corrected chi connectivity index (χ4v) is 2.22. The fourth-order valence-electron chi connectivity index (χ4n) is 2.22. The third-order valence-electron chi connectivity index (χ3n) is 3.41. The lowest BCUT2D eigenvalue weighted by atomic mass is 9.90. The number of nitrogens with one attached hydrogen (secondary N) is 2. The van der Waals surface area contributed by atoms with Gasteiger partial charge < -0.3 is 15.5 Å². The van der Waals surface area contributed by atoms with E-state index in [0.29, 0.717) is 6.04 Å². The number of carbonyl (C=O) groups excluding carboxylic acids is 1. The minimum absolute atomic E-state index is 0.0304. The molecule has 0 aliphatic heterocycles. The summed E-state index contributed by atoms with van der Waals surface area (Å²) in [7, 11) is 3.45. The van der Waals surface area contributed by atoms with Gasteiger partial charge in [-0.25, -0.2) is 4.79 Å². The lowest BCUT2D eigenvalue weighted by Crippen LogP contribution is -2.48. The third kappa shape index (κ3) is 4.72. The van der Waals surface area contributed by atoms with Crippen LogP contribution in [0.25, 0.3) is 0 Å². The van der Waals surface area contributed by atoms with Gasteiger partial charge in [0.2, 0.25) is 0 Å². The van der Waals surface area contributed by atoms with E-state index in [9.17, 15) is 18.0 Å². The molecule has 0 radical (unpaired) electrons. The largest absolute Gasteiger partial charge is 0.405 e. The second-order valence-electron chi connectivity index (χ2n) is 4.68. The molecule has 2 amide bonds. The average molecular weight is 267 g/mol. The molecule has 0 heterocycles. The summed E-state index contributed by atoms with van der Waals surface area (Å²) in [6.45, 7) is -1.28. The van der Waals surface area contributed by atoms with Crippen molar-refractivity contribution in [2.45, 2.75) is 43.9 Å². The van der Waals surface area contributed by atoms with Crippen LogP contribution >= 0.6 is 0 Å². The number of hydrogen-bond acceptors (Lipinski definition) is 2. The van der Waals surface area contributed by atoms with Gasteiger partial charge in [0.15, 0.2) is 0 Å². The zero-order valence-electron chi connectivity index (χ0n) is 10.7. The molecule has 0 aromatic carbocycles. The zero-order chi connectivity index (χ0) is 13.8. The van der Waals surface area contributed by atoms with Crippen molar-refractivity contribution >= 4 is 6.03 Å². The number of nitrogens with zero attached hydrogens (tertiary/aromatic N) is 1. The standard InChI is InChI=1S/C11H20F3N3O/c1-15-8-3-5-9(6-4-8)17(2)10(18)16-7-11(12,13)14/h8-9,15H,3-7H2,1-2H3,(H,16,18). The SMILES string of the molecule is CNC1CCC(N(C)C(=O)NCC(F)(F)F)CC1. The van der Waals surface area contributed by atoms with Crippen molar-refractivity contribution in [3.8, 4) is 0 Å². The first-order valence-electron chi connectivity index (χ1n) is 6.08. The summed E-state index contributed by atoms with van der Waals surface area (Å²) in [5.41, 5.74) is 0. The summed E-state index contributed by atoms with van der Waals surface area (Å²) < 4.78 is 35.9. The third-order valence-corrected chi connectivity index (χ3v) is 3.41. The van der Waals surface area contributed by atoms with Crippen LogP contribution in [-0.4, -0.2) is 49.8 Å². The lowest BCUT2D eigenvalue weighted by molar-refractivity contribution is -0.123. The summed E-state index contributed by atoms with van der Waals surface area (Å²) in [6, 6.07) is -0.170. The Morgan fingerprint density at radius 1 is 1.28 bits per heavy atom. The van der Waals surface area contributed by atoms with Gasteiger partial charge in [0, 0.05) is 19.1 Å². The van der Waals surface area contributed by atoms with Gasteiger partial charge in [-0.15, -0.1) is 0 Å². The average Bonchev–Trinajstić information content (AvgIpc) is 2.34. The molecule has 18 heavy (non-hydrogen) atoms. The van der Waals surface area contributed by atoms with E-state index >= 15 is 0 Å². The van der Waals surface area contributed by atoms with Gasteiger partial charge in [0.05, 0.1) is 0 Å². The van der Waals surface area contributed by atoms with Gasteiger partial charge in [-0.3, -0.25) is 0 Å². The summed E-state index contributed by atoms with van der Waals surface area (Å²) >= 11 is 0. The number of hydrogen-bond donors (Lipinski definition) is 2. The van der Waals surface area contributed by atoms with E-state index < -0.39 is 18.8 Å². The molecule has 1 aliphatic carbocycles. The molecule has 2 N–H and O–H groups in total. The van der Waals surface area contributed by atoms with Gasteiger partial charge in [0.25, 0.3) is 0 Å². The Kier molecular flexibility index (Phi) is 5.25. The van der Waals surface area contributed by atoms with Crippen LogP contribution in [0.4, 0.5) is 18.0 Å². The van der Waals surface area contributed by atoms with E-state index in [2.05, 4.69) is 5.32 Å². The lowest BCUT2D eigenvalue weighted by Gasteiger charge is -2.34. The number of urea groups is 1. The van der Waals surface area contributed by atoms with Crippen molar-refractivity contribution in [1.82, 2.24) is 15.5 Å². The maximum Gasteiger partial charge on any atom is 0.405 e. The number of alkyl halides is 3. The summed E-state index contributed by atoms with van der Waals surface area (Å²) in [4.78, 5) is 12.9. The zero-order valence-corrected chi connectivity index (χ0v) is 10.7. The Hall–Kier alpha value is -0.980. The topological polar surface area (TPSA) is 44.4 Å². The molecule has 4 nitrogen and oxygen atoms in total. The molecule has 0 spiro atoms. The van der Waals surface area contributed by atoms with Crippen LogP contribution < -0.4 is 10.6 Å². The number of rotatable bonds is 3. The molecule has 1 rings (SSSR count). The van der Waals surface area contributed by atoms with E-state index in [-0.39, 0.29) is 6.04 Å². The minimum atomic E-state index is -4.36. The van der Waals surface area contributed by atoms with E-state index in [4.69, 9.17) is 0 Å². The first kappa shape index (κ1) is 15.1. The second kappa shape index (κ2) is 6.26. The highest BCUT2D eigenvalue weighted by atomic mass is 19.4. The predicted molar refractivity (Wildman–Crippen MR) is 62.3 cm³/mol. The monoisotopic (exact) mass is 267 g/mol. The molecule has 1 aliphatic rings. The van der Waals surface area contributed by atoms with E-state index in [1.807, 2.05) is 12.4 Å². The highest BCUT2D eigenvalue weighted by Crippen LogP contribution is 2.22. The van der Waals surface area contributed by atoms with Crippen LogP contribution in [-0.2, 0) is 0 Å². The second-order valence-corrected chi connectivity index (χ2v) is 4.68. The predicted octanol–water partition coefficient (Wildman–Crippen LogP) is 1.72. The molecular formula is C11H20F3N3O. The molecular weight excluding hydrogens is 247 g/mol. The van der Waals surface area contributed by atoms with Crippen LogP contribution in [0.2, 0.25) is 0 Å². The van der Waals surface area contributed by atoms with Gasteiger partial charge in [-0.05, 0) is 32.7 Å². The first-order valence-corrected chi connectivity index (χ1v) is 6.08. The summed E-state index contributed by atoms with van der Waals surface area (Å²) in [5, 5.41) is 5.06. The van der Waals surface area contributed by atoms with E-state index in [1.54, 1.807) is 7.05 Å². The van der Waals surface area contributed by atoms with Crippen LogP contribution in [0.1, 0.15) is 25.7 Å². The normalized spacial score (nSPS) is 24.7. The Labute approximate surface area is 105 Å². The molecule has 0 atom stereocenters. The van der Waals surface area contributed by atoms with Crippen molar-refractivity contribution in [3.05, 3.63) is 0 Å². The summed E-state index contributed by atoms with van der Waals surface area (Å²) in [6.07, 6.45) is -0.834. The Balaban J connectivity index is 2.35. The smallest absolute Gasteiger partial charge is 0.329 e. The number of carbonyl (C=O) groups is 1. The van der Waals surface area contributed by atoms with Crippen LogP contribution in [0.5, 0.6) is 0 Å². The van der Waals surface area contributed by atoms with Crippen molar-refractivity contribution in [2.24, 2.45) is 0 Å². The van der Waals surface area contributed by atoms with Gasteiger partial charge >= 0.3 is 12.2 Å². The Morgan fingerprint density at radius 2 is 1.83 bits per heavy atom. The maximum absolute atomic E-state index is 12.0. The van der Waals surface area contributed by atoms with Gasteiger partial charge in [0.1, 0.15) is 6.54 Å². The molecule has 0 saturated heterocycles. The van der Waals surface area contributed by atoms with Gasteiger partial charge in [-0.1, -0.05) is 0 Å². The highest BCUT2D eigenvalue weighted by molar-refractivity contribution is 5.74. The number of halogens is 3. The van der Waals surface area contributed by atoms with Crippen molar-refractivity contribution < 1.29 is 18.0 Å². The Bertz CT molecular complexity index is 275. The van der Waals surface area contributed by atoms with Crippen LogP contribution in [0, 0.1) is 0 Å². The van der Waals surface area contributed by atoms with Crippen molar-refractivity contribution in [3.63, 3.8) is 0 Å². The highest BCUT2D eigenvalue weighted by Gasteiger charge is 2.30. The fraction of sp³-hybridized carbons (Fsp3) is 0.909. The molecule has 0 unspecified atom stereocenters. The van der Waals surface area contributed by atoms with Gasteiger partial charge in [-0.2, -0.15) is 13.2 Å². The van der Waals surface area contributed by atoms with Crippen LogP contribution in [0.15, 0.2) is 0 Å².